The van der Waals surface area contributed by atoms with E-state index >= 15 is 0 Å². The average Bonchev–Trinajstić information content (AvgIpc) is 2.82. The molecule has 3 aromatic rings. The van der Waals surface area contributed by atoms with Crippen molar-refractivity contribution >= 4 is 29.1 Å². The molecule has 0 aliphatic carbocycles. The summed E-state index contributed by atoms with van der Waals surface area (Å²) < 4.78 is 5.33. The van der Waals surface area contributed by atoms with Crippen LogP contribution in [-0.4, -0.2) is 30.4 Å². The van der Waals surface area contributed by atoms with Gasteiger partial charge in [0.25, 0.3) is 0 Å². The van der Waals surface area contributed by atoms with E-state index in [1.165, 1.54) is 0 Å². The average molecular weight is 447 g/mol. The molecule has 0 saturated carbocycles. The zero-order valence-electron chi connectivity index (χ0n) is 19.0. The van der Waals surface area contributed by atoms with E-state index in [0.29, 0.717) is 6.42 Å². The van der Waals surface area contributed by atoms with Crippen LogP contribution >= 0.6 is 0 Å². The van der Waals surface area contributed by atoms with E-state index in [1.807, 2.05) is 86.6 Å². The van der Waals surface area contributed by atoms with Gasteiger partial charge in [-0.3, -0.25) is 4.79 Å². The minimum atomic E-state index is -0.895. The van der Waals surface area contributed by atoms with Crippen molar-refractivity contribution in [3.05, 3.63) is 83.9 Å². The summed E-state index contributed by atoms with van der Waals surface area (Å²) in [5.41, 5.74) is 1.77. The monoisotopic (exact) mass is 446 g/mol. The quantitative estimate of drug-likeness (QED) is 0.452. The molecule has 172 valence electrons. The molecule has 2 atom stereocenters. The van der Waals surface area contributed by atoms with Crippen molar-refractivity contribution in [2.45, 2.75) is 45.4 Å². The Morgan fingerprint density at radius 3 is 2.33 bits per heavy atom. The number of carbonyl (C=O) groups is 3. The van der Waals surface area contributed by atoms with Gasteiger partial charge in [0.2, 0.25) is 5.91 Å². The molecule has 0 fully saturated rings. The summed E-state index contributed by atoms with van der Waals surface area (Å²) in [4.78, 5) is 37.1. The summed E-state index contributed by atoms with van der Waals surface area (Å²) in [6.45, 7) is 4.06. The predicted octanol–water partition coefficient (Wildman–Crippen LogP) is 4.41. The third-order valence-electron chi connectivity index (χ3n) is 5.34. The number of amides is 2. The molecule has 33 heavy (non-hydrogen) atoms. The molecule has 3 aromatic carbocycles. The number of nitrogens with one attached hydrogen (secondary N) is 2. The lowest BCUT2D eigenvalue weighted by Gasteiger charge is -2.22. The Labute approximate surface area is 194 Å². The molecule has 6 heteroatoms. The minimum absolute atomic E-state index is 0.0968. The minimum Gasteiger partial charge on any atom is -0.445 e. The van der Waals surface area contributed by atoms with Gasteiger partial charge in [-0.25, -0.2) is 4.79 Å². The number of aldehydes is 1. The van der Waals surface area contributed by atoms with Crippen LogP contribution in [0.4, 0.5) is 4.79 Å². The Balaban J connectivity index is 1.76. The summed E-state index contributed by atoms with van der Waals surface area (Å²) in [6.07, 6.45) is 0.835. The van der Waals surface area contributed by atoms with Crippen LogP contribution in [0.3, 0.4) is 0 Å². The van der Waals surface area contributed by atoms with Gasteiger partial charge in [-0.1, -0.05) is 86.6 Å². The third-order valence-corrected chi connectivity index (χ3v) is 5.34. The van der Waals surface area contributed by atoms with Crippen LogP contribution in [0, 0.1) is 5.92 Å². The summed E-state index contributed by atoms with van der Waals surface area (Å²) in [6, 6.07) is 21.5. The fraction of sp³-hybridized carbons (Fsp3) is 0.296. The fourth-order valence-electron chi connectivity index (χ4n) is 3.75. The first kappa shape index (κ1) is 24.0. The van der Waals surface area contributed by atoms with Crippen molar-refractivity contribution in [3.8, 4) is 0 Å². The van der Waals surface area contributed by atoms with Crippen LogP contribution in [0.5, 0.6) is 0 Å². The van der Waals surface area contributed by atoms with Gasteiger partial charge in [-0.2, -0.15) is 0 Å². The Kier molecular flexibility index (Phi) is 8.58. The van der Waals surface area contributed by atoms with Crippen LogP contribution in [0.2, 0.25) is 0 Å². The molecule has 0 radical (unpaired) electrons. The first-order valence-electron chi connectivity index (χ1n) is 11.2. The second kappa shape index (κ2) is 11.8. The third kappa shape index (κ3) is 7.17. The second-order valence-corrected chi connectivity index (χ2v) is 8.48. The van der Waals surface area contributed by atoms with Crippen LogP contribution < -0.4 is 10.6 Å². The van der Waals surface area contributed by atoms with E-state index in [1.54, 1.807) is 0 Å². The summed E-state index contributed by atoms with van der Waals surface area (Å²) in [7, 11) is 0. The highest BCUT2D eigenvalue weighted by Crippen LogP contribution is 2.20. The van der Waals surface area contributed by atoms with Gasteiger partial charge in [0, 0.05) is 6.42 Å². The maximum atomic E-state index is 13.1. The van der Waals surface area contributed by atoms with E-state index in [4.69, 9.17) is 4.74 Å². The first-order chi connectivity index (χ1) is 16.0. The molecule has 0 unspecified atom stereocenters. The molecular formula is C27H30N2O4. The van der Waals surface area contributed by atoms with E-state index in [-0.39, 0.29) is 18.9 Å². The highest BCUT2D eigenvalue weighted by Gasteiger charge is 2.25. The zero-order valence-corrected chi connectivity index (χ0v) is 19.0. The maximum absolute atomic E-state index is 13.1. The molecule has 0 aliphatic rings. The molecule has 0 bridgehead atoms. The second-order valence-electron chi connectivity index (χ2n) is 8.48. The fourth-order valence-corrected chi connectivity index (χ4v) is 3.75. The number of fused-ring (bicyclic) bond motifs is 1. The van der Waals surface area contributed by atoms with Crippen LogP contribution in [-0.2, 0) is 27.4 Å². The van der Waals surface area contributed by atoms with Crippen molar-refractivity contribution in [3.63, 3.8) is 0 Å². The van der Waals surface area contributed by atoms with E-state index in [0.717, 1.165) is 28.2 Å². The molecule has 0 aliphatic heterocycles. The number of alkyl carbamates (subject to hydrolysis) is 1. The van der Waals surface area contributed by atoms with Gasteiger partial charge in [-0.05, 0) is 34.2 Å². The van der Waals surface area contributed by atoms with Gasteiger partial charge in [0.15, 0.2) is 0 Å². The molecule has 2 N–H and O–H groups in total. The molecular weight excluding hydrogens is 416 g/mol. The van der Waals surface area contributed by atoms with Gasteiger partial charge < -0.3 is 20.2 Å². The zero-order chi connectivity index (χ0) is 23.6. The van der Waals surface area contributed by atoms with Crippen molar-refractivity contribution in [2.75, 3.05) is 0 Å². The van der Waals surface area contributed by atoms with Crippen molar-refractivity contribution in [2.24, 2.45) is 5.92 Å². The Morgan fingerprint density at radius 1 is 0.909 bits per heavy atom. The molecule has 0 aromatic heterocycles. The topological polar surface area (TPSA) is 84.5 Å². The number of hydrogen-bond acceptors (Lipinski definition) is 4. The largest absolute Gasteiger partial charge is 0.445 e. The molecule has 0 spiro atoms. The molecule has 2 amide bonds. The number of carbonyl (C=O) groups excluding carboxylic acids is 3. The summed E-state index contributed by atoms with van der Waals surface area (Å²) in [5.74, 6) is -0.182. The molecule has 6 nitrogen and oxygen atoms in total. The molecule has 0 heterocycles. The number of benzene rings is 3. The van der Waals surface area contributed by atoms with E-state index in [9.17, 15) is 14.4 Å². The lowest BCUT2D eigenvalue weighted by molar-refractivity contribution is -0.125. The maximum Gasteiger partial charge on any atom is 0.408 e. The highest BCUT2D eigenvalue weighted by molar-refractivity contribution is 5.90. The van der Waals surface area contributed by atoms with Gasteiger partial charge in [0.1, 0.15) is 18.9 Å². The van der Waals surface area contributed by atoms with E-state index in [2.05, 4.69) is 10.6 Å². The number of ether oxygens (including phenoxy) is 1. The molecule has 3 rings (SSSR count). The summed E-state index contributed by atoms with van der Waals surface area (Å²) in [5, 5.41) is 7.52. The molecule has 0 saturated heterocycles. The Bertz CT molecular complexity index is 1080. The Hall–Kier alpha value is -3.67. The SMILES string of the molecule is CC(C)C[C@@H](C=O)NC(=O)[C@H](Cc1cccc2ccccc12)NC(=O)OCc1ccccc1. The van der Waals surface area contributed by atoms with Gasteiger partial charge in [0.05, 0.1) is 6.04 Å². The highest BCUT2D eigenvalue weighted by atomic mass is 16.5. The normalized spacial score (nSPS) is 12.7. The van der Waals surface area contributed by atoms with Gasteiger partial charge >= 0.3 is 6.09 Å². The smallest absolute Gasteiger partial charge is 0.408 e. The van der Waals surface area contributed by atoms with Gasteiger partial charge in [-0.15, -0.1) is 0 Å². The Morgan fingerprint density at radius 2 is 1.61 bits per heavy atom. The van der Waals surface area contributed by atoms with Crippen molar-refractivity contribution < 1.29 is 19.1 Å². The van der Waals surface area contributed by atoms with Crippen LogP contribution in [0.15, 0.2) is 72.8 Å². The van der Waals surface area contributed by atoms with Crippen molar-refractivity contribution in [1.82, 2.24) is 10.6 Å². The van der Waals surface area contributed by atoms with Crippen molar-refractivity contribution in [1.29, 1.82) is 0 Å². The lowest BCUT2D eigenvalue weighted by Crippen LogP contribution is -2.51. The standard InChI is InChI=1S/C27H30N2O4/c1-19(2)15-23(17-30)28-26(31)25(29-27(32)33-18-20-9-4-3-5-10-20)16-22-13-8-12-21-11-6-7-14-24(21)22/h3-14,17,19,23,25H,15-16,18H2,1-2H3,(H,28,31)(H,29,32)/t23-,25-/m0/s1. The number of rotatable bonds is 10. The lowest BCUT2D eigenvalue weighted by atomic mass is 9.98. The van der Waals surface area contributed by atoms with E-state index < -0.39 is 24.1 Å². The summed E-state index contributed by atoms with van der Waals surface area (Å²) >= 11 is 0. The van der Waals surface area contributed by atoms with Crippen LogP contribution in [0.25, 0.3) is 10.8 Å². The predicted molar refractivity (Wildman–Crippen MR) is 129 cm³/mol. The first-order valence-corrected chi connectivity index (χ1v) is 11.2. The van der Waals surface area contributed by atoms with Crippen LogP contribution in [0.1, 0.15) is 31.4 Å². The number of hydrogen-bond donors (Lipinski definition) is 2.